The molecule has 1 aliphatic rings. The number of nitrogens with one attached hydrogen (secondary N) is 1. The van der Waals surface area contributed by atoms with Gasteiger partial charge in [-0.15, -0.1) is 0 Å². The number of nitrogens with zero attached hydrogens (tertiary/aromatic N) is 3. The van der Waals surface area contributed by atoms with Gasteiger partial charge in [-0.2, -0.15) is 5.10 Å². The van der Waals surface area contributed by atoms with Gasteiger partial charge in [-0.3, -0.25) is 0 Å². The van der Waals surface area contributed by atoms with Crippen LogP contribution in [0.2, 0.25) is 0 Å². The van der Waals surface area contributed by atoms with Crippen molar-refractivity contribution in [2.24, 2.45) is 0 Å². The Hall–Kier alpha value is -2.50. The average molecular weight is 348 g/mol. The van der Waals surface area contributed by atoms with Crippen molar-refractivity contribution in [1.29, 1.82) is 0 Å². The second-order valence-electron chi connectivity index (χ2n) is 6.80. The zero-order chi connectivity index (χ0) is 17.8. The smallest absolute Gasteiger partial charge is 0.137 e. The molecule has 0 radical (unpaired) electrons. The van der Waals surface area contributed by atoms with Crippen molar-refractivity contribution in [2.75, 3.05) is 6.61 Å². The number of benzene rings is 2. The highest BCUT2D eigenvalue weighted by Crippen LogP contribution is 2.25. The predicted octanol–water partition coefficient (Wildman–Crippen LogP) is 3.26. The second-order valence-corrected chi connectivity index (χ2v) is 6.80. The number of rotatable bonds is 6. The minimum Gasteiger partial charge on any atom is -0.377 e. The maximum Gasteiger partial charge on any atom is 0.137 e. The Balaban J connectivity index is 1.48. The van der Waals surface area contributed by atoms with Crippen molar-refractivity contribution in [3.63, 3.8) is 0 Å². The van der Waals surface area contributed by atoms with E-state index in [1.54, 1.807) is 12.7 Å². The van der Waals surface area contributed by atoms with Crippen molar-refractivity contribution >= 4 is 0 Å². The van der Waals surface area contributed by atoms with Crippen molar-refractivity contribution in [2.45, 2.75) is 38.6 Å². The lowest BCUT2D eigenvalue weighted by Gasteiger charge is -2.18. The van der Waals surface area contributed by atoms with E-state index in [-0.39, 0.29) is 0 Å². The van der Waals surface area contributed by atoms with E-state index in [0.717, 1.165) is 26.1 Å². The zero-order valence-corrected chi connectivity index (χ0v) is 15.0. The highest BCUT2D eigenvalue weighted by atomic mass is 16.5. The third-order valence-electron chi connectivity index (χ3n) is 5.02. The Morgan fingerprint density at radius 3 is 2.73 bits per heavy atom. The summed E-state index contributed by atoms with van der Waals surface area (Å²) in [6, 6.07) is 17.7. The maximum absolute atomic E-state index is 5.65. The van der Waals surface area contributed by atoms with Gasteiger partial charge < -0.3 is 10.1 Å². The molecule has 1 aromatic heterocycles. The lowest BCUT2D eigenvalue weighted by Crippen LogP contribution is -2.34. The van der Waals surface area contributed by atoms with Crippen molar-refractivity contribution in [3.8, 4) is 11.1 Å². The molecule has 2 aromatic carbocycles. The van der Waals surface area contributed by atoms with E-state index >= 15 is 0 Å². The number of hydrogen-bond donors (Lipinski definition) is 1. The SMILES string of the molecule is C[C@H]1OCC[C@@H]1NCc1ccccc1-c1ccc(Cn2cncn2)cc1. The van der Waals surface area contributed by atoms with Gasteiger partial charge in [-0.25, -0.2) is 9.67 Å². The first kappa shape index (κ1) is 16.9. The van der Waals surface area contributed by atoms with E-state index in [2.05, 4.69) is 70.9 Å². The summed E-state index contributed by atoms with van der Waals surface area (Å²) in [4.78, 5) is 3.99. The normalized spacial score (nSPS) is 19.7. The molecule has 1 N–H and O–H groups in total. The fourth-order valence-corrected chi connectivity index (χ4v) is 3.49. The minimum atomic E-state index is 0.290. The van der Waals surface area contributed by atoms with E-state index in [1.165, 1.54) is 22.3 Å². The summed E-state index contributed by atoms with van der Waals surface area (Å²) >= 11 is 0. The van der Waals surface area contributed by atoms with Crippen LogP contribution in [0.4, 0.5) is 0 Å². The van der Waals surface area contributed by atoms with E-state index in [4.69, 9.17) is 4.74 Å². The molecule has 1 saturated heterocycles. The second kappa shape index (κ2) is 7.81. The molecular weight excluding hydrogens is 324 g/mol. The molecule has 1 aliphatic heterocycles. The standard InChI is InChI=1S/C21H24N4O/c1-16-21(10-11-26-16)23-12-19-4-2-3-5-20(19)18-8-6-17(7-9-18)13-25-15-22-14-24-25/h2-9,14-16,21,23H,10-13H2,1H3/t16-,21+/m1/s1. The van der Waals surface area contributed by atoms with E-state index in [1.807, 2.05) is 4.68 Å². The van der Waals surface area contributed by atoms with Crippen LogP contribution >= 0.6 is 0 Å². The topological polar surface area (TPSA) is 52.0 Å². The van der Waals surface area contributed by atoms with Gasteiger partial charge in [0.25, 0.3) is 0 Å². The van der Waals surface area contributed by atoms with E-state index in [0.29, 0.717) is 12.1 Å². The summed E-state index contributed by atoms with van der Waals surface area (Å²) in [5.41, 5.74) is 5.04. The Morgan fingerprint density at radius 2 is 2.00 bits per heavy atom. The maximum atomic E-state index is 5.65. The molecule has 134 valence electrons. The highest BCUT2D eigenvalue weighted by molar-refractivity contribution is 5.67. The molecule has 0 aliphatic carbocycles. The lowest BCUT2D eigenvalue weighted by atomic mass is 9.98. The van der Waals surface area contributed by atoms with E-state index in [9.17, 15) is 0 Å². The van der Waals surface area contributed by atoms with Crippen LogP contribution in [0.3, 0.4) is 0 Å². The predicted molar refractivity (Wildman–Crippen MR) is 102 cm³/mol. The first-order valence-electron chi connectivity index (χ1n) is 9.14. The van der Waals surface area contributed by atoms with Gasteiger partial charge in [0.05, 0.1) is 12.6 Å². The van der Waals surface area contributed by atoms with Crippen molar-refractivity contribution < 1.29 is 4.74 Å². The fourth-order valence-electron chi connectivity index (χ4n) is 3.49. The first-order chi connectivity index (χ1) is 12.8. The molecule has 0 bridgehead atoms. The molecule has 2 atom stereocenters. The van der Waals surface area contributed by atoms with E-state index < -0.39 is 0 Å². The Bertz CT molecular complexity index is 829. The quantitative estimate of drug-likeness (QED) is 0.743. The molecule has 2 heterocycles. The van der Waals surface area contributed by atoms with Gasteiger partial charge >= 0.3 is 0 Å². The van der Waals surface area contributed by atoms with Gasteiger partial charge in [0.1, 0.15) is 12.7 Å². The van der Waals surface area contributed by atoms with Crippen LogP contribution in [0.1, 0.15) is 24.5 Å². The Morgan fingerprint density at radius 1 is 1.15 bits per heavy atom. The summed E-state index contributed by atoms with van der Waals surface area (Å²) in [6.07, 6.45) is 4.68. The molecule has 0 saturated carbocycles. The highest BCUT2D eigenvalue weighted by Gasteiger charge is 2.23. The summed E-state index contributed by atoms with van der Waals surface area (Å²) in [5, 5.41) is 7.82. The largest absolute Gasteiger partial charge is 0.377 e. The van der Waals surface area contributed by atoms with Crippen molar-refractivity contribution in [1.82, 2.24) is 20.1 Å². The van der Waals surface area contributed by atoms with Gasteiger partial charge in [0.15, 0.2) is 0 Å². The summed E-state index contributed by atoms with van der Waals surface area (Å²) in [6.45, 7) is 4.59. The van der Waals surface area contributed by atoms with Gasteiger partial charge in [-0.1, -0.05) is 48.5 Å². The molecule has 0 unspecified atom stereocenters. The molecule has 3 aromatic rings. The first-order valence-corrected chi connectivity index (χ1v) is 9.14. The monoisotopic (exact) mass is 348 g/mol. The Kier molecular flexibility index (Phi) is 5.09. The molecule has 0 amide bonds. The van der Waals surface area contributed by atoms with Crippen LogP contribution in [0.15, 0.2) is 61.2 Å². The summed E-state index contributed by atoms with van der Waals surface area (Å²) < 4.78 is 7.48. The molecule has 26 heavy (non-hydrogen) atoms. The van der Waals surface area contributed by atoms with Gasteiger partial charge in [0.2, 0.25) is 0 Å². The number of hydrogen-bond acceptors (Lipinski definition) is 4. The molecule has 1 fully saturated rings. The third kappa shape index (κ3) is 3.84. The number of aromatic nitrogens is 3. The van der Waals surface area contributed by atoms with Crippen LogP contribution in [-0.4, -0.2) is 33.5 Å². The minimum absolute atomic E-state index is 0.290. The van der Waals surface area contributed by atoms with Gasteiger partial charge in [0, 0.05) is 19.2 Å². The van der Waals surface area contributed by atoms with Crippen LogP contribution < -0.4 is 5.32 Å². The van der Waals surface area contributed by atoms with Crippen LogP contribution in [0.25, 0.3) is 11.1 Å². The van der Waals surface area contributed by atoms with Crippen LogP contribution in [-0.2, 0) is 17.8 Å². The lowest BCUT2D eigenvalue weighted by molar-refractivity contribution is 0.113. The van der Waals surface area contributed by atoms with Crippen molar-refractivity contribution in [3.05, 3.63) is 72.3 Å². The molecule has 5 nitrogen and oxygen atoms in total. The average Bonchev–Trinajstić information content (AvgIpc) is 3.33. The van der Waals surface area contributed by atoms with Crippen LogP contribution in [0.5, 0.6) is 0 Å². The van der Waals surface area contributed by atoms with Gasteiger partial charge in [-0.05, 0) is 35.6 Å². The summed E-state index contributed by atoms with van der Waals surface area (Å²) in [7, 11) is 0. The van der Waals surface area contributed by atoms with Crippen LogP contribution in [0, 0.1) is 0 Å². The molecule has 5 heteroatoms. The fraction of sp³-hybridized carbons (Fsp3) is 0.333. The zero-order valence-electron chi connectivity index (χ0n) is 15.0. The molecule has 4 rings (SSSR count). The number of ether oxygens (including phenoxy) is 1. The molecular formula is C21H24N4O. The third-order valence-corrected chi connectivity index (χ3v) is 5.02. The Labute approximate surface area is 154 Å². The molecule has 0 spiro atoms. The summed E-state index contributed by atoms with van der Waals surface area (Å²) in [5.74, 6) is 0.